The molecule has 0 atom stereocenters. The highest BCUT2D eigenvalue weighted by atomic mass is 15.1. The molecule has 0 amide bonds. The Morgan fingerprint density at radius 3 is 2.59 bits per heavy atom. The number of benzene rings is 1. The SMILES string of the molecule is CN(C)c1ccc(-c2nccn2CC#N)cc1. The van der Waals surface area contributed by atoms with Gasteiger partial charge < -0.3 is 9.47 Å². The number of aromatic nitrogens is 2. The number of anilines is 1. The van der Waals surface area contributed by atoms with Crippen molar-refractivity contribution in [1.82, 2.24) is 9.55 Å². The zero-order valence-electron chi connectivity index (χ0n) is 9.96. The molecule has 0 saturated carbocycles. The quantitative estimate of drug-likeness (QED) is 0.805. The van der Waals surface area contributed by atoms with E-state index in [1.165, 1.54) is 0 Å². The van der Waals surface area contributed by atoms with E-state index in [2.05, 4.69) is 11.1 Å². The van der Waals surface area contributed by atoms with Crippen LogP contribution in [0.3, 0.4) is 0 Å². The highest BCUT2D eigenvalue weighted by Crippen LogP contribution is 2.20. The van der Waals surface area contributed by atoms with Crippen molar-refractivity contribution in [3.8, 4) is 17.5 Å². The van der Waals surface area contributed by atoms with Crippen molar-refractivity contribution >= 4 is 5.69 Å². The molecule has 0 aliphatic carbocycles. The molecule has 17 heavy (non-hydrogen) atoms. The molecule has 0 fully saturated rings. The molecule has 1 aromatic heterocycles. The van der Waals surface area contributed by atoms with Crippen molar-refractivity contribution in [1.29, 1.82) is 5.26 Å². The van der Waals surface area contributed by atoms with E-state index in [4.69, 9.17) is 5.26 Å². The fourth-order valence-corrected chi connectivity index (χ4v) is 1.68. The highest BCUT2D eigenvalue weighted by molar-refractivity contribution is 5.60. The predicted molar refractivity (Wildman–Crippen MR) is 67.6 cm³/mol. The summed E-state index contributed by atoms with van der Waals surface area (Å²) >= 11 is 0. The van der Waals surface area contributed by atoms with E-state index in [0.29, 0.717) is 6.54 Å². The molecule has 0 saturated heterocycles. The average molecular weight is 226 g/mol. The molecular formula is C13H14N4. The third kappa shape index (κ3) is 2.28. The summed E-state index contributed by atoms with van der Waals surface area (Å²) in [5.41, 5.74) is 2.17. The Hall–Kier alpha value is -2.28. The zero-order chi connectivity index (χ0) is 12.3. The summed E-state index contributed by atoms with van der Waals surface area (Å²) in [4.78, 5) is 6.32. The van der Waals surface area contributed by atoms with Gasteiger partial charge in [0.05, 0.1) is 6.07 Å². The Morgan fingerprint density at radius 1 is 1.29 bits per heavy atom. The first-order valence-corrected chi connectivity index (χ1v) is 5.38. The van der Waals surface area contributed by atoms with Gasteiger partial charge in [0.15, 0.2) is 0 Å². The van der Waals surface area contributed by atoms with Gasteiger partial charge in [0.25, 0.3) is 0 Å². The number of hydrogen-bond donors (Lipinski definition) is 0. The van der Waals surface area contributed by atoms with Gasteiger partial charge in [-0.25, -0.2) is 4.98 Å². The third-order valence-corrected chi connectivity index (χ3v) is 2.60. The van der Waals surface area contributed by atoms with Crippen molar-refractivity contribution in [2.75, 3.05) is 19.0 Å². The van der Waals surface area contributed by atoms with Crippen molar-refractivity contribution in [3.63, 3.8) is 0 Å². The zero-order valence-corrected chi connectivity index (χ0v) is 9.96. The van der Waals surface area contributed by atoms with E-state index in [1.807, 2.05) is 54.0 Å². The van der Waals surface area contributed by atoms with E-state index in [1.54, 1.807) is 6.20 Å². The summed E-state index contributed by atoms with van der Waals surface area (Å²) < 4.78 is 1.84. The molecule has 1 heterocycles. The number of nitriles is 1. The second kappa shape index (κ2) is 4.71. The Bertz CT molecular complexity index is 531. The normalized spacial score (nSPS) is 9.94. The van der Waals surface area contributed by atoms with Gasteiger partial charge in [-0.3, -0.25) is 0 Å². The number of rotatable bonds is 3. The molecule has 0 aliphatic rings. The topological polar surface area (TPSA) is 44.9 Å². The molecule has 0 bridgehead atoms. The van der Waals surface area contributed by atoms with Crippen LogP contribution in [-0.4, -0.2) is 23.6 Å². The first-order valence-electron chi connectivity index (χ1n) is 5.38. The van der Waals surface area contributed by atoms with Crippen LogP contribution in [0.25, 0.3) is 11.4 Å². The van der Waals surface area contributed by atoms with E-state index < -0.39 is 0 Å². The van der Waals surface area contributed by atoms with Crippen LogP contribution in [0.15, 0.2) is 36.7 Å². The molecule has 0 spiro atoms. The molecule has 0 N–H and O–H groups in total. The summed E-state index contributed by atoms with van der Waals surface area (Å²) in [6, 6.07) is 10.2. The Morgan fingerprint density at radius 2 is 2.00 bits per heavy atom. The molecule has 2 aromatic rings. The van der Waals surface area contributed by atoms with E-state index >= 15 is 0 Å². The molecule has 1 aromatic carbocycles. The fraction of sp³-hybridized carbons (Fsp3) is 0.231. The van der Waals surface area contributed by atoms with Crippen molar-refractivity contribution in [2.24, 2.45) is 0 Å². The van der Waals surface area contributed by atoms with E-state index in [0.717, 1.165) is 17.1 Å². The van der Waals surface area contributed by atoms with Gasteiger partial charge in [-0.05, 0) is 24.3 Å². The van der Waals surface area contributed by atoms with Crippen LogP contribution >= 0.6 is 0 Å². The lowest BCUT2D eigenvalue weighted by atomic mass is 10.2. The van der Waals surface area contributed by atoms with Crippen LogP contribution in [0.5, 0.6) is 0 Å². The Kier molecular flexibility index (Phi) is 3.10. The van der Waals surface area contributed by atoms with Crippen molar-refractivity contribution in [2.45, 2.75) is 6.54 Å². The van der Waals surface area contributed by atoms with Crippen LogP contribution in [0.4, 0.5) is 5.69 Å². The minimum Gasteiger partial charge on any atom is -0.378 e. The third-order valence-electron chi connectivity index (χ3n) is 2.60. The molecule has 4 heteroatoms. The molecular weight excluding hydrogens is 212 g/mol. The van der Waals surface area contributed by atoms with Gasteiger partial charge in [0.2, 0.25) is 0 Å². The van der Waals surface area contributed by atoms with Crippen LogP contribution < -0.4 is 4.90 Å². The van der Waals surface area contributed by atoms with Gasteiger partial charge in [-0.1, -0.05) is 0 Å². The van der Waals surface area contributed by atoms with E-state index in [9.17, 15) is 0 Å². The van der Waals surface area contributed by atoms with Crippen LogP contribution in [0.2, 0.25) is 0 Å². The number of hydrogen-bond acceptors (Lipinski definition) is 3. The maximum Gasteiger partial charge on any atom is 0.140 e. The first kappa shape index (κ1) is 11.2. The molecule has 0 unspecified atom stereocenters. The molecule has 2 rings (SSSR count). The second-order valence-electron chi connectivity index (χ2n) is 3.98. The maximum absolute atomic E-state index is 8.72. The van der Waals surface area contributed by atoms with Gasteiger partial charge >= 0.3 is 0 Å². The van der Waals surface area contributed by atoms with E-state index in [-0.39, 0.29) is 0 Å². The van der Waals surface area contributed by atoms with Gasteiger partial charge in [0, 0.05) is 37.7 Å². The lowest BCUT2D eigenvalue weighted by Gasteiger charge is -2.12. The first-order chi connectivity index (χ1) is 8.22. The van der Waals surface area contributed by atoms with Crippen molar-refractivity contribution < 1.29 is 0 Å². The van der Waals surface area contributed by atoms with Crippen molar-refractivity contribution in [3.05, 3.63) is 36.7 Å². The highest BCUT2D eigenvalue weighted by Gasteiger charge is 2.05. The average Bonchev–Trinajstić information content (AvgIpc) is 2.78. The summed E-state index contributed by atoms with van der Waals surface area (Å²) in [6.45, 7) is 0.324. The molecule has 0 radical (unpaired) electrons. The summed E-state index contributed by atoms with van der Waals surface area (Å²) in [5, 5.41) is 8.72. The molecule has 86 valence electrons. The minimum absolute atomic E-state index is 0.324. The fourth-order valence-electron chi connectivity index (χ4n) is 1.68. The maximum atomic E-state index is 8.72. The smallest absolute Gasteiger partial charge is 0.140 e. The monoisotopic (exact) mass is 226 g/mol. The lowest BCUT2D eigenvalue weighted by molar-refractivity contribution is 0.841. The summed E-state index contributed by atoms with van der Waals surface area (Å²) in [7, 11) is 4.01. The largest absolute Gasteiger partial charge is 0.378 e. The Labute approximate surface area is 101 Å². The van der Waals surface area contributed by atoms with Crippen LogP contribution in [-0.2, 0) is 6.54 Å². The van der Waals surface area contributed by atoms with Gasteiger partial charge in [-0.15, -0.1) is 0 Å². The predicted octanol–water partition coefficient (Wildman–Crippen LogP) is 2.14. The van der Waals surface area contributed by atoms with Crippen LogP contribution in [0, 0.1) is 11.3 Å². The second-order valence-corrected chi connectivity index (χ2v) is 3.98. The van der Waals surface area contributed by atoms with Crippen LogP contribution in [0.1, 0.15) is 0 Å². The van der Waals surface area contributed by atoms with Gasteiger partial charge in [-0.2, -0.15) is 5.26 Å². The Balaban J connectivity index is 2.34. The summed E-state index contributed by atoms with van der Waals surface area (Å²) in [5.74, 6) is 0.830. The number of imidazole rings is 1. The number of nitrogens with zero attached hydrogens (tertiary/aromatic N) is 4. The lowest BCUT2D eigenvalue weighted by Crippen LogP contribution is -2.08. The minimum atomic E-state index is 0.324. The summed E-state index contributed by atoms with van der Waals surface area (Å²) in [6.07, 6.45) is 3.53. The molecule has 0 aliphatic heterocycles. The van der Waals surface area contributed by atoms with Gasteiger partial charge in [0.1, 0.15) is 12.4 Å². The standard InChI is InChI=1S/C13H14N4/c1-16(2)12-5-3-11(4-6-12)13-15-8-10-17(13)9-7-14/h3-6,8,10H,9H2,1-2H3. The molecule has 4 nitrogen and oxygen atoms in total.